The summed E-state index contributed by atoms with van der Waals surface area (Å²) in [4.78, 5) is 25.6. The van der Waals surface area contributed by atoms with Gasteiger partial charge in [-0.2, -0.15) is 4.39 Å². The summed E-state index contributed by atoms with van der Waals surface area (Å²) in [7, 11) is 1.55. The Bertz CT molecular complexity index is 1440. The van der Waals surface area contributed by atoms with E-state index in [9.17, 15) is 19.1 Å². The molecule has 9 heteroatoms. The zero-order valence-electron chi connectivity index (χ0n) is 20.1. The molecule has 5 rings (SSSR count). The Kier molecular flexibility index (Phi) is 6.74. The molecule has 4 aromatic rings. The van der Waals surface area contributed by atoms with Gasteiger partial charge >= 0.3 is 12.1 Å². The summed E-state index contributed by atoms with van der Waals surface area (Å²) in [5.74, 6) is -0.224. The zero-order chi connectivity index (χ0) is 26.2. The summed E-state index contributed by atoms with van der Waals surface area (Å²) in [6, 6.07) is 18.0. The number of benzene rings is 2. The molecular weight excluding hydrogens is 513 g/mol. The first-order chi connectivity index (χ1) is 17.8. The van der Waals surface area contributed by atoms with Gasteiger partial charge in [0.2, 0.25) is 0 Å². The maximum Gasteiger partial charge on any atom is 0.412 e. The number of nitrogens with one attached hydrogen (secondary N) is 1. The highest BCUT2D eigenvalue weighted by Gasteiger charge is 2.51. The van der Waals surface area contributed by atoms with Crippen LogP contribution in [0.4, 0.5) is 14.9 Å². The van der Waals surface area contributed by atoms with Crippen LogP contribution in [-0.4, -0.2) is 24.3 Å². The van der Waals surface area contributed by atoms with Crippen molar-refractivity contribution < 1.29 is 28.6 Å². The van der Waals surface area contributed by atoms with Crippen molar-refractivity contribution in [3.8, 4) is 27.3 Å². The molecule has 2 N–H and O–H groups in total. The molecule has 0 aliphatic heterocycles. The summed E-state index contributed by atoms with van der Waals surface area (Å²) in [5, 5.41) is 13.7. The van der Waals surface area contributed by atoms with Crippen LogP contribution in [0.5, 0.6) is 5.75 Å². The minimum atomic E-state index is -0.792. The predicted molar refractivity (Wildman–Crippen MR) is 143 cm³/mol. The number of ether oxygens (including phenoxy) is 2. The van der Waals surface area contributed by atoms with Crippen molar-refractivity contribution >= 4 is 40.4 Å². The van der Waals surface area contributed by atoms with E-state index in [1.54, 1.807) is 20.1 Å². The normalized spacial score (nSPS) is 14.6. The molecule has 0 radical (unpaired) electrons. The number of aliphatic carboxylic acids is 1. The van der Waals surface area contributed by atoms with Gasteiger partial charge in [0.25, 0.3) is 0 Å². The van der Waals surface area contributed by atoms with E-state index >= 15 is 0 Å². The summed E-state index contributed by atoms with van der Waals surface area (Å²) in [6.45, 7) is 1.78. The molecule has 1 aliphatic rings. The smallest absolute Gasteiger partial charge is 0.412 e. The Balaban J connectivity index is 1.38. The summed E-state index contributed by atoms with van der Waals surface area (Å²) in [6.07, 6.45) is 0.198. The number of halogens is 1. The van der Waals surface area contributed by atoms with Crippen LogP contribution in [0.1, 0.15) is 36.3 Å². The third-order valence-corrected chi connectivity index (χ3v) is 8.54. The lowest BCUT2D eigenvalue weighted by Crippen LogP contribution is -2.19. The molecule has 2 aromatic heterocycles. The van der Waals surface area contributed by atoms with Crippen molar-refractivity contribution in [2.45, 2.75) is 31.3 Å². The van der Waals surface area contributed by atoms with Crippen LogP contribution in [0.2, 0.25) is 0 Å². The number of amides is 1. The van der Waals surface area contributed by atoms with Crippen LogP contribution in [-0.2, 0) is 14.9 Å². The summed E-state index contributed by atoms with van der Waals surface area (Å²) < 4.78 is 25.4. The number of carbonyl (C=O) groups is 2. The van der Waals surface area contributed by atoms with Crippen molar-refractivity contribution in [1.82, 2.24) is 0 Å². The Morgan fingerprint density at radius 1 is 1.08 bits per heavy atom. The molecule has 2 heterocycles. The fraction of sp³-hybridized carbons (Fsp3) is 0.214. The number of thiophene rings is 2. The standard InChI is InChI=1S/C28H24FNO5S2/c1-16(23-4-3-13-36-23)35-27(33)30-21-15-24(29)37-25(21)18-7-10-20(22(14-18)34-2)17-5-8-19(9-6-17)28(11-12-28)26(31)32/h3-10,13-16H,11-12H2,1-2H3,(H,30,33)(H,31,32). The van der Waals surface area contributed by atoms with E-state index in [0.29, 0.717) is 34.7 Å². The molecule has 2 aromatic carbocycles. The van der Waals surface area contributed by atoms with Crippen LogP contribution in [0, 0.1) is 5.13 Å². The molecule has 1 saturated carbocycles. The molecule has 1 amide bonds. The average molecular weight is 538 g/mol. The van der Waals surface area contributed by atoms with Gasteiger partial charge in [0.1, 0.15) is 11.9 Å². The van der Waals surface area contributed by atoms with Crippen molar-refractivity contribution in [3.63, 3.8) is 0 Å². The van der Waals surface area contributed by atoms with Gasteiger partial charge in [0.05, 0.1) is 23.1 Å². The Hall–Kier alpha value is -3.69. The van der Waals surface area contributed by atoms with Gasteiger partial charge in [-0.1, -0.05) is 42.5 Å². The van der Waals surface area contributed by atoms with E-state index in [0.717, 1.165) is 32.9 Å². The number of hydrogen-bond acceptors (Lipinski definition) is 6. The van der Waals surface area contributed by atoms with Gasteiger partial charge in [-0.25, -0.2) is 4.79 Å². The number of methoxy groups -OCH3 is 1. The van der Waals surface area contributed by atoms with E-state index in [1.807, 2.05) is 53.9 Å². The number of carboxylic acids is 1. The highest BCUT2D eigenvalue weighted by atomic mass is 32.1. The maximum absolute atomic E-state index is 14.3. The van der Waals surface area contributed by atoms with Gasteiger partial charge in [0, 0.05) is 16.5 Å². The number of carbonyl (C=O) groups excluding carboxylic acids is 1. The van der Waals surface area contributed by atoms with Crippen LogP contribution in [0.3, 0.4) is 0 Å². The zero-order valence-corrected chi connectivity index (χ0v) is 21.8. The number of carboxylic acid groups (broad SMARTS) is 1. The van der Waals surface area contributed by atoms with Crippen molar-refractivity contribution in [1.29, 1.82) is 0 Å². The lowest BCUT2D eigenvalue weighted by molar-refractivity contribution is -0.140. The van der Waals surface area contributed by atoms with Crippen LogP contribution in [0.15, 0.2) is 66.0 Å². The molecule has 0 saturated heterocycles. The van der Waals surface area contributed by atoms with Crippen LogP contribution >= 0.6 is 22.7 Å². The SMILES string of the molecule is COc1cc(-c2sc(F)cc2NC(=O)OC(C)c2cccs2)ccc1-c1ccc(C2(C(=O)O)CC2)cc1. The van der Waals surface area contributed by atoms with E-state index in [4.69, 9.17) is 9.47 Å². The minimum Gasteiger partial charge on any atom is -0.496 e. The average Bonchev–Trinajstić information content (AvgIpc) is 3.35. The molecule has 37 heavy (non-hydrogen) atoms. The third kappa shape index (κ3) is 4.97. The van der Waals surface area contributed by atoms with E-state index in [-0.39, 0.29) is 0 Å². The molecule has 0 spiro atoms. The lowest BCUT2D eigenvalue weighted by atomic mass is 9.93. The van der Waals surface area contributed by atoms with E-state index < -0.39 is 28.7 Å². The monoisotopic (exact) mass is 537 g/mol. The van der Waals surface area contributed by atoms with Gasteiger partial charge in [-0.05, 0) is 54.0 Å². The molecule has 190 valence electrons. The second kappa shape index (κ2) is 9.99. The molecule has 0 bridgehead atoms. The minimum absolute atomic E-state index is 0.313. The Morgan fingerprint density at radius 3 is 2.43 bits per heavy atom. The first-order valence-electron chi connectivity index (χ1n) is 11.6. The number of anilines is 1. The highest BCUT2D eigenvalue weighted by molar-refractivity contribution is 7.14. The number of hydrogen-bond donors (Lipinski definition) is 2. The summed E-state index contributed by atoms with van der Waals surface area (Å²) in [5.41, 5.74) is 2.71. The molecule has 1 unspecified atom stereocenters. The van der Waals surface area contributed by atoms with Crippen molar-refractivity contribution in [2.75, 3.05) is 12.4 Å². The fourth-order valence-corrected chi connectivity index (χ4v) is 5.89. The molecule has 6 nitrogen and oxygen atoms in total. The lowest BCUT2D eigenvalue weighted by Gasteiger charge is -2.15. The fourth-order valence-electron chi connectivity index (χ4n) is 4.34. The van der Waals surface area contributed by atoms with Gasteiger partial charge in [-0.15, -0.1) is 22.7 Å². The first-order valence-corrected chi connectivity index (χ1v) is 13.3. The second-order valence-corrected chi connectivity index (χ2v) is 10.8. The van der Waals surface area contributed by atoms with Crippen molar-refractivity contribution in [3.05, 3.63) is 81.6 Å². The van der Waals surface area contributed by atoms with Gasteiger partial charge in [-0.3, -0.25) is 10.1 Å². The predicted octanol–water partition coefficient (Wildman–Crippen LogP) is 7.72. The molecular formula is C28H24FNO5S2. The first kappa shape index (κ1) is 25.0. The molecule has 1 fully saturated rings. The maximum atomic E-state index is 14.3. The quantitative estimate of drug-likeness (QED) is 0.240. The van der Waals surface area contributed by atoms with Gasteiger partial charge in [0.15, 0.2) is 5.13 Å². The molecule has 1 aliphatic carbocycles. The Morgan fingerprint density at radius 2 is 1.81 bits per heavy atom. The van der Waals surface area contributed by atoms with Crippen molar-refractivity contribution in [2.24, 2.45) is 0 Å². The topological polar surface area (TPSA) is 84.9 Å². The second-order valence-electron chi connectivity index (χ2n) is 8.86. The van der Waals surface area contributed by atoms with Crippen LogP contribution in [0.25, 0.3) is 21.6 Å². The Labute approximate surface area is 221 Å². The van der Waals surface area contributed by atoms with E-state index in [2.05, 4.69) is 5.32 Å². The van der Waals surface area contributed by atoms with Gasteiger partial charge < -0.3 is 14.6 Å². The number of rotatable bonds is 8. The highest BCUT2D eigenvalue weighted by Crippen LogP contribution is 2.49. The summed E-state index contributed by atoms with van der Waals surface area (Å²) >= 11 is 2.41. The molecule has 1 atom stereocenters. The third-order valence-electron chi connectivity index (χ3n) is 6.54. The van der Waals surface area contributed by atoms with E-state index in [1.165, 1.54) is 17.4 Å². The largest absolute Gasteiger partial charge is 0.496 e. The van der Waals surface area contributed by atoms with Crippen LogP contribution < -0.4 is 10.1 Å².